The average Bonchev–Trinajstić information content (AvgIpc) is 2.92. The van der Waals surface area contributed by atoms with Crippen molar-refractivity contribution in [2.75, 3.05) is 26.2 Å². The lowest BCUT2D eigenvalue weighted by Crippen LogP contribution is -2.40. The highest BCUT2D eigenvalue weighted by Crippen LogP contribution is 2.21. The van der Waals surface area contributed by atoms with Gasteiger partial charge in [0.2, 0.25) is 5.91 Å². The van der Waals surface area contributed by atoms with Crippen molar-refractivity contribution in [1.82, 2.24) is 20.0 Å². The van der Waals surface area contributed by atoms with Crippen LogP contribution in [0.25, 0.3) is 0 Å². The number of carbonyl (C=O) groups is 1. The van der Waals surface area contributed by atoms with Gasteiger partial charge in [0.15, 0.2) is 0 Å². The number of amides is 1. The Bertz CT molecular complexity index is 520. The third-order valence-corrected chi connectivity index (χ3v) is 5.26. The smallest absolute Gasteiger partial charge is 0.241 e. The molecule has 0 aromatic carbocycles. The van der Waals surface area contributed by atoms with Crippen molar-refractivity contribution in [3.05, 3.63) is 17.5 Å². The first-order valence-corrected chi connectivity index (χ1v) is 9.64. The zero-order valence-corrected chi connectivity index (χ0v) is 15.3. The van der Waals surface area contributed by atoms with E-state index < -0.39 is 0 Å². The van der Waals surface area contributed by atoms with Crippen LogP contribution in [0, 0.1) is 11.8 Å². The summed E-state index contributed by atoms with van der Waals surface area (Å²) in [5.41, 5.74) is 2.53. The lowest BCUT2D eigenvalue weighted by Gasteiger charge is -2.34. The molecule has 2 heterocycles. The molecule has 1 amide bonds. The Hall–Kier alpha value is -1.36. The van der Waals surface area contributed by atoms with Crippen molar-refractivity contribution < 1.29 is 4.79 Å². The number of rotatable bonds is 6. The summed E-state index contributed by atoms with van der Waals surface area (Å²) in [5.74, 6) is 1.68. The van der Waals surface area contributed by atoms with Crippen LogP contribution in [0.15, 0.2) is 6.20 Å². The van der Waals surface area contributed by atoms with Crippen LogP contribution < -0.4 is 5.32 Å². The monoisotopic (exact) mass is 332 g/mol. The van der Waals surface area contributed by atoms with Crippen molar-refractivity contribution >= 4 is 5.91 Å². The molecule has 24 heavy (non-hydrogen) atoms. The Labute approximate surface area is 145 Å². The van der Waals surface area contributed by atoms with E-state index in [1.54, 1.807) is 0 Å². The Kier molecular flexibility index (Phi) is 5.93. The minimum absolute atomic E-state index is 0.0789. The number of carbonyl (C=O) groups excluding carboxylic acids is 1. The predicted molar refractivity (Wildman–Crippen MR) is 95.9 cm³/mol. The molecular weight excluding hydrogens is 300 g/mol. The number of nitrogens with one attached hydrogen (secondary N) is 1. The van der Waals surface area contributed by atoms with Crippen molar-refractivity contribution in [1.29, 1.82) is 0 Å². The van der Waals surface area contributed by atoms with Gasteiger partial charge in [-0.05, 0) is 62.5 Å². The molecule has 2 atom stereocenters. The third-order valence-electron chi connectivity index (χ3n) is 5.26. The van der Waals surface area contributed by atoms with E-state index in [9.17, 15) is 4.79 Å². The quantitative estimate of drug-likeness (QED) is 0.813. The first-order valence-electron chi connectivity index (χ1n) is 9.64. The number of nitrogens with zero attached hydrogens (tertiary/aromatic N) is 3. The maximum Gasteiger partial charge on any atom is 0.241 e. The first kappa shape index (κ1) is 17.5. The van der Waals surface area contributed by atoms with Gasteiger partial charge in [-0.3, -0.25) is 9.48 Å². The number of piperidine rings is 1. The maximum atomic E-state index is 12.1. The summed E-state index contributed by atoms with van der Waals surface area (Å²) in [5, 5.41) is 7.60. The lowest BCUT2D eigenvalue weighted by molar-refractivity contribution is -0.121. The molecular formula is C19H32N4O. The second-order valence-corrected chi connectivity index (χ2v) is 7.91. The minimum atomic E-state index is 0.0789. The molecule has 134 valence electrons. The van der Waals surface area contributed by atoms with E-state index >= 15 is 0 Å². The summed E-state index contributed by atoms with van der Waals surface area (Å²) in [7, 11) is 0. The molecule has 0 radical (unpaired) electrons. The molecule has 0 spiro atoms. The zero-order valence-electron chi connectivity index (χ0n) is 15.3. The van der Waals surface area contributed by atoms with E-state index in [1.807, 2.05) is 4.68 Å². The Balaban J connectivity index is 1.34. The van der Waals surface area contributed by atoms with Crippen LogP contribution in [0.5, 0.6) is 0 Å². The van der Waals surface area contributed by atoms with Crippen LogP contribution in [0.2, 0.25) is 0 Å². The van der Waals surface area contributed by atoms with Crippen LogP contribution in [0.4, 0.5) is 0 Å². The second kappa shape index (κ2) is 8.15. The van der Waals surface area contributed by atoms with Gasteiger partial charge in [-0.2, -0.15) is 5.10 Å². The summed E-state index contributed by atoms with van der Waals surface area (Å²) >= 11 is 0. The highest BCUT2D eigenvalue weighted by molar-refractivity contribution is 5.75. The number of likely N-dealkylation sites (tertiary alicyclic amines) is 1. The summed E-state index contributed by atoms with van der Waals surface area (Å²) in [6, 6.07) is 0. The largest absolute Gasteiger partial charge is 0.354 e. The van der Waals surface area contributed by atoms with Crippen LogP contribution in [-0.4, -0.2) is 46.8 Å². The summed E-state index contributed by atoms with van der Waals surface area (Å²) in [6.45, 7) is 9.30. The van der Waals surface area contributed by atoms with Gasteiger partial charge < -0.3 is 10.2 Å². The summed E-state index contributed by atoms with van der Waals surface area (Å²) in [4.78, 5) is 14.6. The first-order chi connectivity index (χ1) is 11.6. The topological polar surface area (TPSA) is 50.2 Å². The SMILES string of the molecule is CC1CC(C)CN(CCCNC(=O)Cn2cc3c(n2)CCCC3)C1. The molecule has 5 heteroatoms. The Morgan fingerprint density at radius 1 is 1.25 bits per heavy atom. The van der Waals surface area contributed by atoms with Gasteiger partial charge in [0.1, 0.15) is 6.54 Å². The molecule has 1 saturated heterocycles. The van der Waals surface area contributed by atoms with E-state index in [2.05, 4.69) is 35.4 Å². The molecule has 5 nitrogen and oxygen atoms in total. The fraction of sp³-hybridized carbons (Fsp3) is 0.789. The Morgan fingerprint density at radius 2 is 2.00 bits per heavy atom. The molecule has 1 aromatic rings. The second-order valence-electron chi connectivity index (χ2n) is 7.91. The van der Waals surface area contributed by atoms with Crippen molar-refractivity contribution in [2.24, 2.45) is 11.8 Å². The van der Waals surface area contributed by atoms with Crippen LogP contribution >= 0.6 is 0 Å². The molecule has 1 aromatic heterocycles. The van der Waals surface area contributed by atoms with E-state index in [-0.39, 0.29) is 5.91 Å². The van der Waals surface area contributed by atoms with Gasteiger partial charge in [-0.15, -0.1) is 0 Å². The normalized spacial score (nSPS) is 24.6. The molecule has 0 bridgehead atoms. The van der Waals surface area contributed by atoms with Crippen molar-refractivity contribution in [2.45, 2.75) is 58.9 Å². The number of hydrogen-bond donors (Lipinski definition) is 1. The van der Waals surface area contributed by atoms with Crippen LogP contribution in [0.1, 0.15) is 50.8 Å². The van der Waals surface area contributed by atoms with Gasteiger partial charge in [-0.1, -0.05) is 13.8 Å². The number of fused-ring (bicyclic) bond motifs is 1. The van der Waals surface area contributed by atoms with E-state index in [4.69, 9.17) is 0 Å². The minimum Gasteiger partial charge on any atom is -0.354 e. The van der Waals surface area contributed by atoms with Crippen molar-refractivity contribution in [3.8, 4) is 0 Å². The Morgan fingerprint density at radius 3 is 2.75 bits per heavy atom. The number of hydrogen-bond acceptors (Lipinski definition) is 3. The summed E-state index contributed by atoms with van der Waals surface area (Å²) in [6.07, 6.45) is 9.09. The molecule has 3 rings (SSSR count). The number of aromatic nitrogens is 2. The van der Waals surface area contributed by atoms with E-state index in [0.717, 1.165) is 44.2 Å². The lowest BCUT2D eigenvalue weighted by atomic mass is 9.92. The fourth-order valence-corrected chi connectivity index (χ4v) is 4.32. The standard InChI is InChI=1S/C19H32N4O/c1-15-10-16(2)12-22(11-15)9-5-8-20-19(24)14-23-13-17-6-3-4-7-18(17)21-23/h13,15-16H,3-12,14H2,1-2H3,(H,20,24). The molecule has 1 N–H and O–H groups in total. The van der Waals surface area contributed by atoms with Crippen molar-refractivity contribution in [3.63, 3.8) is 0 Å². The zero-order chi connectivity index (χ0) is 16.9. The molecule has 2 aliphatic rings. The molecule has 0 saturated carbocycles. The maximum absolute atomic E-state index is 12.1. The van der Waals surface area contributed by atoms with Gasteiger partial charge in [0.25, 0.3) is 0 Å². The average molecular weight is 332 g/mol. The van der Waals surface area contributed by atoms with E-state index in [0.29, 0.717) is 6.54 Å². The third kappa shape index (κ3) is 4.82. The fourth-order valence-electron chi connectivity index (χ4n) is 4.32. The summed E-state index contributed by atoms with van der Waals surface area (Å²) < 4.78 is 1.82. The van der Waals surface area contributed by atoms with Crippen LogP contribution in [0.3, 0.4) is 0 Å². The predicted octanol–water partition coefficient (Wildman–Crippen LogP) is 2.25. The van der Waals surface area contributed by atoms with Crippen LogP contribution in [-0.2, 0) is 24.2 Å². The van der Waals surface area contributed by atoms with E-state index in [1.165, 1.54) is 43.6 Å². The molecule has 1 aliphatic carbocycles. The van der Waals surface area contributed by atoms with Gasteiger partial charge in [-0.25, -0.2) is 0 Å². The highest BCUT2D eigenvalue weighted by atomic mass is 16.2. The van der Waals surface area contributed by atoms with Gasteiger partial charge in [0.05, 0.1) is 5.69 Å². The molecule has 2 unspecified atom stereocenters. The molecule has 1 aliphatic heterocycles. The van der Waals surface area contributed by atoms with Gasteiger partial charge in [0, 0.05) is 25.8 Å². The molecule has 1 fully saturated rings. The number of aryl methyl sites for hydroxylation is 2. The highest BCUT2D eigenvalue weighted by Gasteiger charge is 2.21. The van der Waals surface area contributed by atoms with Gasteiger partial charge >= 0.3 is 0 Å².